The van der Waals surface area contributed by atoms with E-state index in [1.54, 1.807) is 21.3 Å². The van der Waals surface area contributed by atoms with E-state index in [4.69, 9.17) is 8.44 Å². The number of allylic oxidation sites excluding steroid dienone is 4. The van der Waals surface area contributed by atoms with Gasteiger partial charge in [0.25, 0.3) is 0 Å². The summed E-state index contributed by atoms with van der Waals surface area (Å²) in [5.41, 5.74) is 0. The van der Waals surface area contributed by atoms with Gasteiger partial charge >= 0.3 is 79.3 Å². The van der Waals surface area contributed by atoms with E-state index >= 15 is 0 Å². The van der Waals surface area contributed by atoms with Gasteiger partial charge in [-0.05, 0) is 0 Å². The van der Waals surface area contributed by atoms with Crippen molar-refractivity contribution >= 4 is 0 Å². The first kappa shape index (κ1) is 10.3. The van der Waals surface area contributed by atoms with Gasteiger partial charge in [0, 0.05) is 0 Å². The summed E-state index contributed by atoms with van der Waals surface area (Å²) >= 11 is -3.25. The van der Waals surface area contributed by atoms with E-state index in [0.717, 1.165) is 6.42 Å². The molecule has 0 amide bonds. The molecule has 0 saturated heterocycles. The van der Waals surface area contributed by atoms with Crippen LogP contribution < -0.4 is 0 Å². The number of hydrogen-bond acceptors (Lipinski definition) is 3. The second-order valence-corrected chi connectivity index (χ2v) is 9.82. The minimum absolute atomic E-state index is 0.908. The van der Waals surface area contributed by atoms with Gasteiger partial charge in [-0.25, -0.2) is 0 Å². The zero-order valence-electron chi connectivity index (χ0n) is 7.66. The summed E-state index contributed by atoms with van der Waals surface area (Å²) in [5, 5.41) is 0. The molecule has 0 N–H and O–H groups in total. The molecule has 1 rings (SSSR count). The van der Waals surface area contributed by atoms with E-state index in [1.807, 2.05) is 12.2 Å². The standard InChI is InChI=1S/C5H5.3CH3O.Zr/c1-2-4-5-3-1;3*1-2;/h1-3H,4H2;3*1H3;/q;3*-1;+3. The van der Waals surface area contributed by atoms with Crippen LogP contribution >= 0.6 is 0 Å². The molecule has 0 fully saturated rings. The fourth-order valence-electron chi connectivity index (χ4n) is 1.32. The summed E-state index contributed by atoms with van der Waals surface area (Å²) < 4.78 is 17.3. The third-order valence-corrected chi connectivity index (χ3v) is 8.78. The Kier molecular flexibility index (Phi) is 3.85. The van der Waals surface area contributed by atoms with Crippen LogP contribution in [0.3, 0.4) is 0 Å². The molecule has 0 atom stereocenters. The molecule has 0 heterocycles. The Hall–Kier alpha value is 0.243. The Labute approximate surface area is 79.3 Å². The molecule has 1 aliphatic carbocycles. The SMILES string of the molecule is C[O][Zr]([O]C)([O]C)[C]1=CC=CC1. The molecule has 68 valence electrons. The second-order valence-electron chi connectivity index (χ2n) is 2.49. The quantitative estimate of drug-likeness (QED) is 0.758. The Morgan fingerprint density at radius 3 is 2.08 bits per heavy atom. The van der Waals surface area contributed by atoms with Crippen LogP contribution in [0.1, 0.15) is 6.42 Å². The molecule has 0 radical (unpaired) electrons. The molecular formula is C8H14O3Zr. The van der Waals surface area contributed by atoms with Crippen LogP contribution in [0.15, 0.2) is 21.5 Å². The van der Waals surface area contributed by atoms with Crippen LogP contribution in [0.2, 0.25) is 0 Å². The molecule has 3 nitrogen and oxygen atoms in total. The van der Waals surface area contributed by atoms with E-state index in [9.17, 15) is 0 Å². The Morgan fingerprint density at radius 1 is 1.17 bits per heavy atom. The van der Waals surface area contributed by atoms with Gasteiger partial charge in [-0.15, -0.1) is 0 Å². The molecule has 0 saturated carbocycles. The zero-order chi connectivity index (χ0) is 9.03. The van der Waals surface area contributed by atoms with E-state index in [-0.39, 0.29) is 0 Å². The van der Waals surface area contributed by atoms with Crippen molar-refractivity contribution in [2.24, 2.45) is 0 Å². The maximum atomic E-state index is 5.38. The van der Waals surface area contributed by atoms with Crippen LogP contribution in [0, 0.1) is 0 Å². The van der Waals surface area contributed by atoms with Crippen molar-refractivity contribution in [3.05, 3.63) is 21.5 Å². The van der Waals surface area contributed by atoms with Gasteiger partial charge in [0.1, 0.15) is 0 Å². The van der Waals surface area contributed by atoms with Gasteiger partial charge in [0.15, 0.2) is 0 Å². The van der Waals surface area contributed by atoms with Crippen molar-refractivity contribution in [3.8, 4) is 0 Å². The Balaban J connectivity index is 2.77. The van der Waals surface area contributed by atoms with Gasteiger partial charge in [-0.1, -0.05) is 0 Å². The van der Waals surface area contributed by atoms with Crippen molar-refractivity contribution in [1.29, 1.82) is 0 Å². The van der Waals surface area contributed by atoms with Crippen molar-refractivity contribution in [1.82, 2.24) is 0 Å². The monoisotopic (exact) mass is 248 g/mol. The van der Waals surface area contributed by atoms with Crippen molar-refractivity contribution in [2.45, 2.75) is 6.42 Å². The topological polar surface area (TPSA) is 27.7 Å². The molecule has 0 bridgehead atoms. The Bertz CT molecular complexity index is 198. The molecular weight excluding hydrogens is 235 g/mol. The molecule has 0 aromatic heterocycles. The minimum atomic E-state index is -3.25. The third kappa shape index (κ3) is 1.77. The fraction of sp³-hybridized carbons (Fsp3) is 0.500. The summed E-state index contributed by atoms with van der Waals surface area (Å²) in [6.07, 6.45) is 7.04. The number of rotatable bonds is 4. The molecule has 0 aromatic rings. The molecule has 0 aliphatic heterocycles. The van der Waals surface area contributed by atoms with Crippen molar-refractivity contribution in [3.63, 3.8) is 0 Å². The van der Waals surface area contributed by atoms with Gasteiger partial charge < -0.3 is 0 Å². The van der Waals surface area contributed by atoms with Crippen LogP contribution in [0.5, 0.6) is 0 Å². The number of hydrogen-bond donors (Lipinski definition) is 0. The average Bonchev–Trinajstić information content (AvgIpc) is 2.62. The van der Waals surface area contributed by atoms with Crippen LogP contribution in [0.4, 0.5) is 0 Å². The summed E-state index contributed by atoms with van der Waals surface area (Å²) in [4.78, 5) is 0. The van der Waals surface area contributed by atoms with E-state index < -0.39 is 21.6 Å². The normalized spacial score (nSPS) is 16.8. The predicted molar refractivity (Wildman–Crippen MR) is 42.9 cm³/mol. The summed E-state index contributed by atoms with van der Waals surface area (Å²) in [5.74, 6) is 0. The van der Waals surface area contributed by atoms with Gasteiger partial charge in [0.05, 0.1) is 0 Å². The van der Waals surface area contributed by atoms with E-state index in [2.05, 4.69) is 6.08 Å². The van der Waals surface area contributed by atoms with E-state index in [1.165, 1.54) is 3.28 Å². The van der Waals surface area contributed by atoms with E-state index in [0.29, 0.717) is 0 Å². The first-order valence-corrected chi connectivity index (χ1v) is 8.04. The molecule has 0 spiro atoms. The van der Waals surface area contributed by atoms with Crippen LogP contribution in [-0.2, 0) is 30.0 Å². The Morgan fingerprint density at radius 2 is 1.75 bits per heavy atom. The maximum absolute atomic E-state index is 5.38. The fourth-order valence-corrected chi connectivity index (χ4v) is 6.12. The van der Waals surface area contributed by atoms with Crippen LogP contribution in [0.25, 0.3) is 0 Å². The summed E-state index contributed by atoms with van der Waals surface area (Å²) in [7, 11) is 4.96. The molecule has 1 aliphatic rings. The molecule has 0 unspecified atom stereocenters. The third-order valence-electron chi connectivity index (χ3n) is 1.97. The van der Waals surface area contributed by atoms with Gasteiger partial charge in [-0.3, -0.25) is 0 Å². The predicted octanol–water partition coefficient (Wildman–Crippen LogP) is 1.67. The molecule has 4 heteroatoms. The first-order chi connectivity index (χ1) is 5.79. The first-order valence-electron chi connectivity index (χ1n) is 3.80. The average molecular weight is 249 g/mol. The second kappa shape index (κ2) is 4.47. The van der Waals surface area contributed by atoms with Gasteiger partial charge in [-0.2, -0.15) is 0 Å². The van der Waals surface area contributed by atoms with Crippen molar-refractivity contribution < 1.29 is 30.0 Å². The van der Waals surface area contributed by atoms with Crippen LogP contribution in [-0.4, -0.2) is 21.3 Å². The zero-order valence-corrected chi connectivity index (χ0v) is 10.1. The summed E-state index contributed by atoms with van der Waals surface area (Å²) in [6, 6.07) is 0. The van der Waals surface area contributed by atoms with Crippen molar-refractivity contribution in [2.75, 3.05) is 21.3 Å². The molecule has 12 heavy (non-hydrogen) atoms. The van der Waals surface area contributed by atoms with Gasteiger partial charge in [0.2, 0.25) is 0 Å². The molecule has 0 aromatic carbocycles. The summed E-state index contributed by atoms with van der Waals surface area (Å²) in [6.45, 7) is 0.